The van der Waals surface area contributed by atoms with Gasteiger partial charge in [0.05, 0.1) is 12.7 Å². The summed E-state index contributed by atoms with van der Waals surface area (Å²) in [6.45, 7) is 0.359. The second-order valence-corrected chi connectivity index (χ2v) is 2.78. The molecular weight excluding hydrogens is 188 g/mol. The van der Waals surface area contributed by atoms with Gasteiger partial charge in [0.2, 0.25) is 0 Å². The van der Waals surface area contributed by atoms with Crippen molar-refractivity contribution >= 4 is 11.8 Å². The number of guanidine groups is 1. The number of rotatable bonds is 3. The van der Waals surface area contributed by atoms with Crippen LogP contribution in [-0.4, -0.2) is 18.3 Å². The normalized spacial score (nSPS) is 17.1. The van der Waals surface area contributed by atoms with Gasteiger partial charge in [0.1, 0.15) is 0 Å². The lowest BCUT2D eigenvalue weighted by molar-refractivity contribution is 0.842. The van der Waals surface area contributed by atoms with Crippen LogP contribution in [0.4, 0.5) is 0 Å². The van der Waals surface area contributed by atoms with Gasteiger partial charge >= 0.3 is 0 Å². The molecule has 0 saturated heterocycles. The van der Waals surface area contributed by atoms with Crippen LogP contribution >= 0.6 is 0 Å². The number of benzene rings is 1. The third kappa shape index (κ3) is 4.81. The van der Waals surface area contributed by atoms with E-state index in [2.05, 4.69) is 10.6 Å². The smallest absolute Gasteiger partial charge is 0.193 e. The summed E-state index contributed by atoms with van der Waals surface area (Å²) in [5, 5.41) is 19.4. The zero-order valence-electron chi connectivity index (χ0n) is 14.3. The summed E-state index contributed by atoms with van der Waals surface area (Å²) in [7, 11) is 0. The van der Waals surface area contributed by atoms with Crippen LogP contribution in [0.2, 0.25) is 0 Å². The fourth-order valence-corrected chi connectivity index (χ4v) is 0.857. The van der Waals surface area contributed by atoms with Crippen molar-refractivity contribution in [2.24, 2.45) is 0 Å². The van der Waals surface area contributed by atoms with E-state index < -0.39 is 24.6 Å². The molecule has 4 nitrogen and oxygen atoms in total. The zero-order chi connectivity index (χ0) is 16.3. The van der Waals surface area contributed by atoms with Crippen molar-refractivity contribution in [1.29, 1.82) is 10.8 Å². The quantitative estimate of drug-likeness (QED) is 0.449. The average molecular weight is 210 g/mol. The van der Waals surface area contributed by atoms with Crippen LogP contribution in [0.25, 0.3) is 0 Å². The maximum Gasteiger partial charge on any atom is 0.193 e. The summed E-state index contributed by atoms with van der Waals surface area (Å²) in [5.74, 6) is -0.225. The van der Waals surface area contributed by atoms with E-state index in [1.807, 2.05) is 0 Å². The molecule has 0 fully saturated rings. The first-order valence-electron chi connectivity index (χ1n) is 7.38. The van der Waals surface area contributed by atoms with Gasteiger partial charge in [-0.3, -0.25) is 10.8 Å². The van der Waals surface area contributed by atoms with Gasteiger partial charge in [-0.25, -0.2) is 0 Å². The van der Waals surface area contributed by atoms with E-state index in [0.29, 0.717) is 0 Å². The van der Waals surface area contributed by atoms with Gasteiger partial charge in [-0.2, -0.15) is 0 Å². The van der Waals surface area contributed by atoms with Crippen molar-refractivity contribution < 1.29 is 8.22 Å². The molecule has 0 amide bonds. The monoisotopic (exact) mass is 210 g/mol. The number of hydrogen-bond donors (Lipinski definition) is 4. The van der Waals surface area contributed by atoms with Crippen molar-refractivity contribution in [3.8, 4) is 0 Å². The van der Waals surface area contributed by atoms with E-state index >= 15 is 0 Å². The molecule has 0 aromatic heterocycles. The van der Waals surface area contributed by atoms with Crippen LogP contribution in [0.5, 0.6) is 0 Å². The highest BCUT2D eigenvalue weighted by Gasteiger charge is 1.95. The highest BCUT2D eigenvalue weighted by Crippen LogP contribution is 1.97. The van der Waals surface area contributed by atoms with E-state index in [0.717, 1.165) is 0 Å². The largest absolute Gasteiger partial charge is 0.356 e. The van der Waals surface area contributed by atoms with E-state index in [4.69, 9.17) is 19.0 Å². The summed E-state index contributed by atoms with van der Waals surface area (Å²) < 4.78 is 45.8. The molecule has 0 spiro atoms. The predicted octanol–water partition coefficient (Wildman–Crippen LogP) is 1.34. The van der Waals surface area contributed by atoms with Crippen molar-refractivity contribution in [1.82, 2.24) is 10.6 Å². The highest BCUT2D eigenvalue weighted by molar-refractivity contribution is 5.95. The Labute approximate surface area is 98.2 Å². The van der Waals surface area contributed by atoms with Crippen LogP contribution < -0.4 is 10.6 Å². The average Bonchev–Trinajstić information content (AvgIpc) is 2.38. The van der Waals surface area contributed by atoms with Crippen molar-refractivity contribution in [2.45, 2.75) is 13.3 Å². The molecule has 0 saturated carbocycles. The third-order valence-electron chi connectivity index (χ3n) is 1.42. The molecule has 0 radical (unpaired) electrons. The fourth-order valence-electron chi connectivity index (χ4n) is 0.857. The van der Waals surface area contributed by atoms with E-state index in [-0.39, 0.29) is 35.9 Å². The van der Waals surface area contributed by atoms with Gasteiger partial charge in [-0.1, -0.05) is 30.2 Å². The van der Waals surface area contributed by atoms with Crippen LogP contribution in [-0.2, 0) is 6.42 Å². The van der Waals surface area contributed by atoms with Crippen LogP contribution in [0.3, 0.4) is 0 Å². The molecule has 1 unspecified atom stereocenters. The Hall–Kier alpha value is -1.84. The third-order valence-corrected chi connectivity index (χ3v) is 1.42. The van der Waals surface area contributed by atoms with E-state index in [9.17, 15) is 0 Å². The molecule has 0 aliphatic rings. The van der Waals surface area contributed by atoms with Gasteiger partial charge in [0, 0.05) is 7.89 Å². The molecule has 4 N–H and O–H groups in total. The van der Waals surface area contributed by atoms with Crippen LogP contribution in [0.1, 0.15) is 20.7 Å². The Morgan fingerprint density at radius 1 is 1.40 bits per heavy atom. The van der Waals surface area contributed by atoms with Crippen LogP contribution in [0.15, 0.2) is 30.2 Å². The van der Waals surface area contributed by atoms with Crippen molar-refractivity contribution in [3.63, 3.8) is 0 Å². The molecule has 1 rings (SSSR count). The van der Waals surface area contributed by atoms with E-state index in [1.165, 1.54) is 6.92 Å². The highest BCUT2D eigenvalue weighted by atomic mass is 15.1. The summed E-state index contributed by atoms with van der Waals surface area (Å²) in [6.07, 6.45) is -0.156. The van der Waals surface area contributed by atoms with E-state index in [1.54, 1.807) is 0 Å². The van der Waals surface area contributed by atoms with Crippen molar-refractivity contribution in [2.75, 3.05) is 6.52 Å². The van der Waals surface area contributed by atoms with Crippen molar-refractivity contribution in [3.05, 3.63) is 35.8 Å². The lowest BCUT2D eigenvalue weighted by atomic mass is 10.1. The minimum Gasteiger partial charge on any atom is -0.356 e. The van der Waals surface area contributed by atoms with Gasteiger partial charge in [-0.15, -0.1) is 0 Å². The van der Waals surface area contributed by atoms with Gasteiger partial charge < -0.3 is 10.6 Å². The molecule has 4 heteroatoms. The summed E-state index contributed by atoms with van der Waals surface area (Å²) in [6, 6.07) is -2.05. The lowest BCUT2D eigenvalue weighted by Gasteiger charge is -2.08. The second-order valence-electron chi connectivity index (χ2n) is 2.78. The molecule has 80 valence electrons. The molecule has 15 heavy (non-hydrogen) atoms. The first kappa shape index (κ1) is 5.30. The Bertz CT molecular complexity index is 560. The predicted molar refractivity (Wildman–Crippen MR) is 62.4 cm³/mol. The minimum atomic E-state index is -1.08. The molecule has 0 aliphatic heterocycles. The first-order chi connectivity index (χ1) is 9.65. The summed E-state index contributed by atoms with van der Waals surface area (Å²) >= 11 is 0. The van der Waals surface area contributed by atoms with Gasteiger partial charge in [0.25, 0.3) is 0 Å². The molecule has 0 heterocycles. The SMILES string of the molecule is [2H]c1c([2H])c([2H])c(CC([2H])NC(=N)NC(C)=N)c([2H])c1[2H]. The second kappa shape index (κ2) is 5.80. The summed E-state index contributed by atoms with van der Waals surface area (Å²) in [5.41, 5.74) is 0.0212. The Balaban J connectivity index is 2.93. The fraction of sp³-hybridized carbons (Fsp3) is 0.273. The molecule has 0 bridgehead atoms. The summed E-state index contributed by atoms with van der Waals surface area (Å²) in [4.78, 5) is 0. The maximum atomic E-state index is 7.77. The molecule has 1 aromatic rings. The zero-order valence-corrected chi connectivity index (χ0v) is 8.28. The molecule has 1 aromatic carbocycles. The van der Waals surface area contributed by atoms with Gasteiger partial charge in [-0.05, 0) is 18.9 Å². The number of amidine groups is 1. The Kier molecular flexibility index (Phi) is 2.05. The number of nitrogens with one attached hydrogen (secondary N) is 4. The topological polar surface area (TPSA) is 71.8 Å². The molecule has 0 aliphatic carbocycles. The Morgan fingerprint density at radius 3 is 2.67 bits per heavy atom. The first-order valence-corrected chi connectivity index (χ1v) is 4.30. The van der Waals surface area contributed by atoms with Gasteiger partial charge in [0.15, 0.2) is 5.96 Å². The number of hydrogen-bond acceptors (Lipinski definition) is 2. The Morgan fingerprint density at radius 2 is 2.07 bits per heavy atom. The van der Waals surface area contributed by atoms with Crippen LogP contribution in [0, 0.1) is 10.8 Å². The standard InChI is InChI=1S/C11H16N4/c1-9(12)15-11(13)14-8-7-10-5-3-2-4-6-10/h2-6H,7-8H2,1H3,(H4,12,13,14,15)/i2D,3D,4D,5D,6D,8D. The minimum absolute atomic E-state index is 0.0212. The molecule has 1 atom stereocenters. The maximum absolute atomic E-state index is 7.77. The molecular formula is C11H16N4. The lowest BCUT2D eigenvalue weighted by Crippen LogP contribution is -2.39.